The molecule has 1 aromatic heterocycles. The monoisotopic (exact) mass is 667 g/mol. The number of aromatic nitrogens is 2. The van der Waals surface area contributed by atoms with E-state index in [2.05, 4.69) is 11.1 Å². The number of carbonyl (C=O) groups is 4. The van der Waals surface area contributed by atoms with Crippen LogP contribution in [0.5, 0.6) is 5.75 Å². The van der Waals surface area contributed by atoms with Crippen LogP contribution in [0.15, 0.2) is 66.7 Å². The molecule has 0 spiro atoms. The van der Waals surface area contributed by atoms with E-state index in [4.69, 9.17) is 14.2 Å². The molecule has 4 aromatic rings. The van der Waals surface area contributed by atoms with Gasteiger partial charge in [0.25, 0.3) is 5.91 Å². The number of likely N-dealkylation sites (tertiary alicyclic amines) is 1. The number of fused-ring (bicyclic) bond motifs is 1. The number of carboxylic acid groups (broad SMARTS) is 1. The molecule has 0 atom stereocenters. The van der Waals surface area contributed by atoms with Crippen LogP contribution in [0.25, 0.3) is 11.0 Å². The van der Waals surface area contributed by atoms with Crippen LogP contribution in [0.2, 0.25) is 0 Å². The highest BCUT2D eigenvalue weighted by Gasteiger charge is 2.28. The molecule has 2 amide bonds. The number of nitriles is 1. The smallest absolute Gasteiger partial charge is 0.410 e. The number of hydrogen-bond donors (Lipinski definition) is 1. The number of anilines is 1. The minimum Gasteiger partial charge on any atom is -0.490 e. The number of hydrogen-bond acceptors (Lipinski definition) is 9. The lowest BCUT2D eigenvalue weighted by molar-refractivity contribution is -0.137. The summed E-state index contributed by atoms with van der Waals surface area (Å²) in [5, 5.41) is 19.1. The number of methoxy groups -OCH3 is 1. The number of amides is 2. The van der Waals surface area contributed by atoms with Gasteiger partial charge in [0.15, 0.2) is 0 Å². The molecule has 1 aliphatic heterocycles. The number of aliphatic carboxylic acids is 1. The zero-order chi connectivity index (χ0) is 35.3. The molecule has 1 aliphatic rings. The molecule has 5 rings (SSSR count). The van der Waals surface area contributed by atoms with Crippen molar-refractivity contribution in [3.63, 3.8) is 0 Å². The molecule has 254 valence electrons. The van der Waals surface area contributed by atoms with Crippen molar-refractivity contribution in [2.75, 3.05) is 25.1 Å². The van der Waals surface area contributed by atoms with Crippen LogP contribution < -0.4 is 9.64 Å². The van der Waals surface area contributed by atoms with Gasteiger partial charge in [-0.25, -0.2) is 14.6 Å². The normalized spacial score (nSPS) is 13.4. The molecule has 2 heterocycles. The molecule has 0 bridgehead atoms. The van der Waals surface area contributed by atoms with Crippen LogP contribution in [0.3, 0.4) is 0 Å². The van der Waals surface area contributed by atoms with E-state index in [1.165, 1.54) is 40.8 Å². The van der Waals surface area contributed by atoms with Crippen molar-refractivity contribution in [1.82, 2.24) is 14.5 Å². The van der Waals surface area contributed by atoms with Gasteiger partial charge in [0.2, 0.25) is 0 Å². The SMILES string of the molecule is COC(=O)c1ccc(C(=O)N(Cc2nc3cc(C#N)ccc3n2CC(=O)O)c2ccc(OC3CCN(C(=O)OC(C)(C)C)CC3)cc2)cc1. The second-order valence-electron chi connectivity index (χ2n) is 12.6. The van der Waals surface area contributed by atoms with Gasteiger partial charge in [-0.1, -0.05) is 0 Å². The molecule has 13 heteroatoms. The lowest BCUT2D eigenvalue weighted by Gasteiger charge is -2.33. The Balaban J connectivity index is 1.40. The van der Waals surface area contributed by atoms with E-state index in [1.54, 1.807) is 47.4 Å². The highest BCUT2D eigenvalue weighted by atomic mass is 16.6. The fraction of sp³-hybridized carbons (Fsp3) is 0.333. The van der Waals surface area contributed by atoms with Gasteiger partial charge in [0, 0.05) is 37.2 Å². The number of carboxylic acids is 1. The quantitative estimate of drug-likeness (QED) is 0.228. The van der Waals surface area contributed by atoms with Crippen LogP contribution in [-0.4, -0.2) is 75.4 Å². The van der Waals surface area contributed by atoms with Gasteiger partial charge in [0.05, 0.1) is 41.9 Å². The summed E-state index contributed by atoms with van der Waals surface area (Å²) in [6.45, 7) is 5.98. The van der Waals surface area contributed by atoms with E-state index in [0.717, 1.165) is 0 Å². The first-order chi connectivity index (χ1) is 23.3. The van der Waals surface area contributed by atoms with Crippen LogP contribution in [0.4, 0.5) is 10.5 Å². The summed E-state index contributed by atoms with van der Waals surface area (Å²) < 4.78 is 18.0. The van der Waals surface area contributed by atoms with Crippen LogP contribution >= 0.6 is 0 Å². The number of nitrogens with zero attached hydrogens (tertiary/aromatic N) is 5. The Kier molecular flexibility index (Phi) is 10.2. The van der Waals surface area contributed by atoms with E-state index in [9.17, 15) is 29.5 Å². The van der Waals surface area contributed by atoms with Gasteiger partial charge in [-0.05, 0) is 87.5 Å². The lowest BCUT2D eigenvalue weighted by Crippen LogP contribution is -2.44. The highest BCUT2D eigenvalue weighted by Crippen LogP contribution is 2.28. The molecule has 0 saturated carbocycles. The minimum absolute atomic E-state index is 0.106. The Morgan fingerprint density at radius 2 is 1.63 bits per heavy atom. The van der Waals surface area contributed by atoms with Gasteiger partial charge in [0.1, 0.15) is 29.8 Å². The summed E-state index contributed by atoms with van der Waals surface area (Å²) in [6.07, 6.45) is 0.785. The molecule has 1 fully saturated rings. The summed E-state index contributed by atoms with van der Waals surface area (Å²) in [6, 6.07) is 19.8. The fourth-order valence-corrected chi connectivity index (χ4v) is 5.51. The number of benzene rings is 3. The minimum atomic E-state index is -1.10. The number of imidazole rings is 1. The van der Waals surface area contributed by atoms with E-state index >= 15 is 0 Å². The molecule has 0 radical (unpaired) electrons. The summed E-state index contributed by atoms with van der Waals surface area (Å²) in [5.74, 6) is -1.19. The van der Waals surface area contributed by atoms with Crippen molar-refractivity contribution in [3.8, 4) is 11.8 Å². The van der Waals surface area contributed by atoms with Crippen LogP contribution in [0.1, 0.15) is 65.7 Å². The highest BCUT2D eigenvalue weighted by molar-refractivity contribution is 6.06. The van der Waals surface area contributed by atoms with Crippen molar-refractivity contribution in [1.29, 1.82) is 5.26 Å². The second-order valence-corrected chi connectivity index (χ2v) is 12.6. The first-order valence-electron chi connectivity index (χ1n) is 15.7. The van der Waals surface area contributed by atoms with Crippen molar-refractivity contribution in [2.24, 2.45) is 0 Å². The molecule has 0 unspecified atom stereocenters. The summed E-state index contributed by atoms with van der Waals surface area (Å²) in [7, 11) is 1.27. The van der Waals surface area contributed by atoms with Gasteiger partial charge >= 0.3 is 18.0 Å². The van der Waals surface area contributed by atoms with Gasteiger partial charge < -0.3 is 33.7 Å². The Hall–Kier alpha value is -5.90. The third kappa shape index (κ3) is 8.34. The lowest BCUT2D eigenvalue weighted by atomic mass is 10.1. The maximum Gasteiger partial charge on any atom is 0.410 e. The average molecular weight is 668 g/mol. The standard InChI is InChI=1S/C36H37N5O8/c1-36(2,3)49-35(46)39-17-15-28(16-18-39)48-27-12-10-26(11-13-27)40(33(44)24-6-8-25(9-7-24)34(45)47-4)21-31-38-29-19-23(20-37)5-14-30(29)41(31)22-32(42)43/h5-14,19,28H,15-18,21-22H2,1-4H3,(H,42,43). The Morgan fingerprint density at radius 3 is 2.22 bits per heavy atom. The number of carbonyl (C=O) groups excluding carboxylic acids is 3. The first-order valence-corrected chi connectivity index (χ1v) is 15.7. The molecular formula is C36H37N5O8. The molecule has 3 aromatic carbocycles. The maximum absolute atomic E-state index is 14.1. The zero-order valence-corrected chi connectivity index (χ0v) is 27.7. The average Bonchev–Trinajstić information content (AvgIpc) is 3.41. The predicted octanol–water partition coefficient (Wildman–Crippen LogP) is 5.40. The van der Waals surface area contributed by atoms with E-state index in [-0.39, 0.29) is 29.9 Å². The van der Waals surface area contributed by atoms with Crippen LogP contribution in [-0.2, 0) is 27.4 Å². The van der Waals surface area contributed by atoms with Crippen molar-refractivity contribution < 1.29 is 38.5 Å². The van der Waals surface area contributed by atoms with Crippen molar-refractivity contribution in [2.45, 2.75) is 58.4 Å². The Labute approximate surface area is 283 Å². The molecule has 13 nitrogen and oxygen atoms in total. The van der Waals surface area contributed by atoms with Gasteiger partial charge in [-0.3, -0.25) is 9.59 Å². The van der Waals surface area contributed by atoms with E-state index < -0.39 is 30.0 Å². The third-order valence-electron chi connectivity index (χ3n) is 7.89. The Morgan fingerprint density at radius 1 is 0.980 bits per heavy atom. The maximum atomic E-state index is 14.1. The second kappa shape index (κ2) is 14.5. The van der Waals surface area contributed by atoms with E-state index in [0.29, 0.717) is 59.8 Å². The van der Waals surface area contributed by atoms with Gasteiger partial charge in [-0.15, -0.1) is 0 Å². The van der Waals surface area contributed by atoms with Crippen molar-refractivity contribution in [3.05, 3.63) is 89.2 Å². The number of rotatable bonds is 9. The summed E-state index contributed by atoms with van der Waals surface area (Å²) in [4.78, 5) is 58.1. The molecule has 0 aliphatic carbocycles. The Bertz CT molecular complexity index is 1900. The zero-order valence-electron chi connectivity index (χ0n) is 27.7. The van der Waals surface area contributed by atoms with Crippen LogP contribution in [0, 0.1) is 11.3 Å². The molecule has 1 saturated heterocycles. The number of piperidine rings is 1. The number of ether oxygens (including phenoxy) is 3. The largest absolute Gasteiger partial charge is 0.490 e. The van der Waals surface area contributed by atoms with E-state index in [1.807, 2.05) is 20.8 Å². The molecular weight excluding hydrogens is 630 g/mol. The summed E-state index contributed by atoms with van der Waals surface area (Å²) >= 11 is 0. The van der Waals surface area contributed by atoms with Gasteiger partial charge in [-0.2, -0.15) is 5.26 Å². The topological polar surface area (TPSA) is 164 Å². The first kappa shape index (κ1) is 34.4. The predicted molar refractivity (Wildman–Crippen MR) is 178 cm³/mol. The third-order valence-corrected chi connectivity index (χ3v) is 7.89. The number of esters is 1. The molecule has 49 heavy (non-hydrogen) atoms. The fourth-order valence-electron chi connectivity index (χ4n) is 5.51. The molecule has 1 N–H and O–H groups in total. The summed E-state index contributed by atoms with van der Waals surface area (Å²) in [5.41, 5.74) is 1.76. The van der Waals surface area contributed by atoms with Crippen molar-refractivity contribution >= 4 is 40.7 Å².